The number of rotatable bonds is 5. The fraction of sp³-hybridized carbons (Fsp3) is 0.480. The fourth-order valence-corrected chi connectivity index (χ4v) is 6.01. The first kappa shape index (κ1) is 25.5. The lowest BCUT2D eigenvalue weighted by Gasteiger charge is -2.42. The lowest BCUT2D eigenvalue weighted by molar-refractivity contribution is -0.907. The third-order valence-electron chi connectivity index (χ3n) is 8.26. The molecule has 2 aromatic heterocycles. The Hall–Kier alpha value is -2.78. The molecule has 10 nitrogen and oxygen atoms in total. The molecule has 0 spiro atoms. The summed E-state index contributed by atoms with van der Waals surface area (Å²) < 4.78 is 44.4. The van der Waals surface area contributed by atoms with Gasteiger partial charge >= 0.3 is 11.9 Å². The molecule has 2 unspecified atom stereocenters. The minimum atomic E-state index is -4.58. The van der Waals surface area contributed by atoms with E-state index in [1.54, 1.807) is 0 Å². The molecular formula is C25H33F3N9O+. The van der Waals surface area contributed by atoms with E-state index in [2.05, 4.69) is 47.5 Å². The summed E-state index contributed by atoms with van der Waals surface area (Å²) >= 11 is 0. The van der Waals surface area contributed by atoms with Gasteiger partial charge in [0.15, 0.2) is 6.17 Å². The van der Waals surface area contributed by atoms with Gasteiger partial charge in [0, 0.05) is 19.4 Å². The van der Waals surface area contributed by atoms with Crippen LogP contribution in [-0.2, 0) is 6.18 Å². The smallest absolute Gasteiger partial charge is 0.299 e. The van der Waals surface area contributed by atoms with E-state index in [-0.39, 0.29) is 23.8 Å². The number of nitrogens with zero attached hydrogens (tertiary/aromatic N) is 4. The van der Waals surface area contributed by atoms with Gasteiger partial charge in [-0.05, 0) is 54.2 Å². The lowest BCUT2D eigenvalue weighted by Crippen LogP contribution is -2.53. The highest BCUT2D eigenvalue weighted by Crippen LogP contribution is 2.44. The number of aromatic nitrogens is 2. The van der Waals surface area contributed by atoms with E-state index in [1.165, 1.54) is 29.4 Å². The number of hydrogen-bond acceptors (Lipinski definition) is 7. The van der Waals surface area contributed by atoms with Crippen LogP contribution in [0.2, 0.25) is 0 Å². The highest BCUT2D eigenvalue weighted by molar-refractivity contribution is 5.57. The van der Waals surface area contributed by atoms with Crippen LogP contribution >= 0.6 is 0 Å². The van der Waals surface area contributed by atoms with E-state index in [0.717, 1.165) is 45.6 Å². The van der Waals surface area contributed by atoms with E-state index in [0.29, 0.717) is 11.6 Å². The van der Waals surface area contributed by atoms with Gasteiger partial charge in [0.25, 0.3) is 0 Å². The molecule has 1 aromatic carbocycles. The maximum atomic E-state index is 13.8. The van der Waals surface area contributed by atoms with Crippen LogP contribution < -0.4 is 33.0 Å². The summed E-state index contributed by atoms with van der Waals surface area (Å²) in [7, 11) is 6.24. The predicted molar refractivity (Wildman–Crippen MR) is 135 cm³/mol. The Bertz CT molecular complexity index is 1410. The number of alkyl halides is 3. The molecule has 5 N–H and O–H groups in total. The summed E-state index contributed by atoms with van der Waals surface area (Å²) in [6.07, 6.45) is 1.32. The molecule has 6 rings (SSSR count). The van der Waals surface area contributed by atoms with E-state index < -0.39 is 17.4 Å². The number of fused-ring (bicyclic) bond motifs is 1. The van der Waals surface area contributed by atoms with Gasteiger partial charge in [-0.1, -0.05) is 12.5 Å². The summed E-state index contributed by atoms with van der Waals surface area (Å²) in [4.78, 5) is 13.4. The van der Waals surface area contributed by atoms with Crippen molar-refractivity contribution in [2.24, 2.45) is 5.92 Å². The molecule has 1 aliphatic carbocycles. The minimum absolute atomic E-state index is 0.0931. The first-order chi connectivity index (χ1) is 18.0. The summed E-state index contributed by atoms with van der Waals surface area (Å²) in [5, 5.41) is 1.86. The third-order valence-corrected chi connectivity index (χ3v) is 8.26. The molecule has 2 aliphatic heterocycles. The molecule has 38 heavy (non-hydrogen) atoms. The number of nitrogens with one attached hydrogen (secondary N) is 5. The van der Waals surface area contributed by atoms with Crippen molar-refractivity contribution < 1.29 is 17.7 Å². The average Bonchev–Trinajstić information content (AvgIpc) is 3.51. The highest BCUT2D eigenvalue weighted by Gasteiger charge is 2.46. The number of benzene rings is 1. The van der Waals surface area contributed by atoms with Gasteiger partial charge in [0.2, 0.25) is 0 Å². The molecule has 3 atom stereocenters. The second-order valence-corrected chi connectivity index (χ2v) is 11.1. The fourth-order valence-electron chi connectivity index (χ4n) is 6.01. The number of hydrazine groups is 4. The second kappa shape index (κ2) is 9.16. The Balaban J connectivity index is 1.54. The molecule has 0 radical (unpaired) electrons. The lowest BCUT2D eigenvalue weighted by atomic mass is 9.71. The zero-order valence-corrected chi connectivity index (χ0v) is 21.5. The summed E-state index contributed by atoms with van der Waals surface area (Å²) in [6.45, 7) is 0.770. The zero-order valence-electron chi connectivity index (χ0n) is 21.5. The molecule has 1 saturated carbocycles. The van der Waals surface area contributed by atoms with E-state index in [9.17, 15) is 18.0 Å². The van der Waals surface area contributed by atoms with Crippen molar-refractivity contribution in [1.29, 1.82) is 0 Å². The Morgan fingerprint density at radius 3 is 2.53 bits per heavy atom. The standard InChI is InChI=1S/C25H33F3N9O/c1-34-22(30-32-33-34)17-10-16(21(15-6-4-7-15)23-31-29-14-37(23,2)3)11-18(12-17)36-13-20-19(25(26,27)28)8-5-9-35(20)24(36)38/h5,8-13,15,21-23,29-33H,4,6-7,14H2,1-3H3/q+1/t21-,22?,23?/m1/s1. The van der Waals surface area contributed by atoms with Crippen LogP contribution in [0.25, 0.3) is 11.2 Å². The summed E-state index contributed by atoms with van der Waals surface area (Å²) in [5.41, 5.74) is 16.8. The van der Waals surface area contributed by atoms with Crippen LogP contribution in [0.1, 0.15) is 48.0 Å². The molecule has 13 heteroatoms. The first-order valence-electron chi connectivity index (χ1n) is 12.8. The van der Waals surface area contributed by atoms with Crippen molar-refractivity contribution in [3.8, 4) is 5.69 Å². The Labute approximate surface area is 217 Å². The molecule has 3 aliphatic rings. The van der Waals surface area contributed by atoms with Gasteiger partial charge in [0.05, 0.1) is 36.8 Å². The van der Waals surface area contributed by atoms with Crippen molar-refractivity contribution in [2.45, 2.75) is 43.7 Å². The monoisotopic (exact) mass is 532 g/mol. The summed E-state index contributed by atoms with van der Waals surface area (Å²) in [5.74, 6) is 0.596. The maximum absolute atomic E-state index is 13.8. The predicted octanol–water partition coefficient (Wildman–Crippen LogP) is 1.92. The minimum Gasteiger partial charge on any atom is -0.299 e. The van der Waals surface area contributed by atoms with Crippen molar-refractivity contribution in [1.82, 2.24) is 41.3 Å². The van der Waals surface area contributed by atoms with Gasteiger partial charge in [-0.2, -0.15) is 24.2 Å². The largest absolute Gasteiger partial charge is 0.418 e. The maximum Gasteiger partial charge on any atom is 0.418 e. The van der Waals surface area contributed by atoms with Crippen LogP contribution in [-0.4, -0.2) is 52.4 Å². The van der Waals surface area contributed by atoms with Crippen molar-refractivity contribution in [2.75, 3.05) is 27.8 Å². The van der Waals surface area contributed by atoms with Crippen molar-refractivity contribution in [3.63, 3.8) is 0 Å². The zero-order chi connectivity index (χ0) is 26.8. The number of hydrogen-bond donors (Lipinski definition) is 5. The number of pyridine rings is 1. The SMILES string of the molecule is CN1NNNC1c1cc([C@@H](C2CCC2)C2NNC[N+]2(C)C)cc(-n2cc3c(C(F)(F)F)cccn3c2=O)c1. The molecule has 2 saturated heterocycles. The Morgan fingerprint density at radius 1 is 1.13 bits per heavy atom. The second-order valence-electron chi connectivity index (χ2n) is 11.1. The number of halogens is 3. The quantitative estimate of drug-likeness (QED) is 0.321. The molecule has 3 fully saturated rings. The van der Waals surface area contributed by atoms with Crippen molar-refractivity contribution >= 4 is 5.52 Å². The number of imidazole rings is 1. The number of quaternary nitrogens is 1. The molecule has 0 bridgehead atoms. The van der Waals surface area contributed by atoms with Gasteiger partial charge in [-0.3, -0.25) is 13.5 Å². The van der Waals surface area contributed by atoms with E-state index >= 15 is 0 Å². The molecule has 4 heterocycles. The average molecular weight is 533 g/mol. The number of likely N-dealkylation sites (N-methyl/N-ethyl adjacent to an activating group) is 1. The van der Waals surface area contributed by atoms with Gasteiger partial charge in [-0.15, -0.1) is 0 Å². The molecule has 204 valence electrons. The molecular weight excluding hydrogens is 499 g/mol. The van der Waals surface area contributed by atoms with Gasteiger partial charge in [-0.25, -0.2) is 26.1 Å². The molecule has 3 aromatic rings. The van der Waals surface area contributed by atoms with Crippen molar-refractivity contribution in [3.05, 3.63) is 69.9 Å². The van der Waals surface area contributed by atoms with Crippen LogP contribution in [0.15, 0.2) is 47.5 Å². The van der Waals surface area contributed by atoms with E-state index in [4.69, 9.17) is 0 Å². The van der Waals surface area contributed by atoms with Crippen LogP contribution in [0.4, 0.5) is 13.2 Å². The summed E-state index contributed by atoms with van der Waals surface area (Å²) in [6, 6.07) is 8.23. The Kier molecular flexibility index (Phi) is 6.14. The normalized spacial score (nSPS) is 25.2. The van der Waals surface area contributed by atoms with E-state index in [1.807, 2.05) is 24.2 Å². The van der Waals surface area contributed by atoms with Gasteiger partial charge in [0.1, 0.15) is 12.8 Å². The van der Waals surface area contributed by atoms with Crippen LogP contribution in [0, 0.1) is 5.92 Å². The van der Waals surface area contributed by atoms with Crippen LogP contribution in [0.5, 0.6) is 0 Å². The highest BCUT2D eigenvalue weighted by atomic mass is 19.4. The third kappa shape index (κ3) is 4.24. The Morgan fingerprint density at radius 2 is 1.92 bits per heavy atom. The molecule has 0 amide bonds. The van der Waals surface area contributed by atoms with Crippen LogP contribution in [0.3, 0.4) is 0 Å². The first-order valence-corrected chi connectivity index (χ1v) is 12.8. The van der Waals surface area contributed by atoms with Gasteiger partial charge < -0.3 is 0 Å². The topological polar surface area (TPSA) is 89.8 Å².